The van der Waals surface area contributed by atoms with E-state index in [1.54, 1.807) is 0 Å². The Hall–Kier alpha value is -1.00. The summed E-state index contributed by atoms with van der Waals surface area (Å²) in [6.45, 7) is 1.48. The second-order valence-corrected chi connectivity index (χ2v) is 5.47. The van der Waals surface area contributed by atoms with Gasteiger partial charge in [0, 0.05) is 10.6 Å². The molecule has 0 N–H and O–H groups in total. The van der Waals surface area contributed by atoms with Crippen LogP contribution in [0.2, 0.25) is 5.02 Å². The minimum Gasteiger partial charge on any atom is -0.207 e. The molecule has 2 aromatic rings. The largest absolute Gasteiger partial charge is 0.207 e. The minimum absolute atomic E-state index is 0.122. The van der Waals surface area contributed by atoms with Crippen LogP contribution in [0.1, 0.15) is 21.5 Å². The molecule has 0 nitrogen and oxygen atoms in total. The summed E-state index contributed by atoms with van der Waals surface area (Å²) in [7, 11) is 0. The molecule has 0 aliphatic heterocycles. The van der Waals surface area contributed by atoms with Gasteiger partial charge in [-0.05, 0) is 42.3 Å². The van der Waals surface area contributed by atoms with Gasteiger partial charge in [-0.25, -0.2) is 13.2 Å². The zero-order valence-corrected chi connectivity index (χ0v) is 12.2. The number of hydrogen-bond acceptors (Lipinski definition) is 0. The highest BCUT2D eigenvalue weighted by atomic mass is 79.9. The van der Waals surface area contributed by atoms with Crippen molar-refractivity contribution in [3.05, 3.63) is 69.5 Å². The highest BCUT2D eigenvalue weighted by Gasteiger charge is 2.19. The van der Waals surface area contributed by atoms with Gasteiger partial charge in [0.2, 0.25) is 0 Å². The summed E-state index contributed by atoms with van der Waals surface area (Å²) >= 11 is 9.18. The number of halogens is 5. The summed E-state index contributed by atoms with van der Waals surface area (Å²) in [6.07, 6.45) is 0. The molecule has 0 bridgehead atoms. The standard InChI is InChI=1S/C14H9BrClF3/c1-7-4-13(19)10(6-12(7)18)14(15)9-3-2-8(17)5-11(9)16/h2-6,14H,1H3. The molecule has 0 aliphatic carbocycles. The summed E-state index contributed by atoms with van der Waals surface area (Å²) in [4.78, 5) is -0.643. The van der Waals surface area contributed by atoms with Crippen molar-refractivity contribution in [2.45, 2.75) is 11.8 Å². The summed E-state index contributed by atoms with van der Waals surface area (Å²) in [6, 6.07) is 6.03. The molecule has 0 heterocycles. The molecular weight excluding hydrogens is 341 g/mol. The van der Waals surface area contributed by atoms with E-state index in [4.69, 9.17) is 11.6 Å². The lowest BCUT2D eigenvalue weighted by Gasteiger charge is -2.14. The molecule has 0 saturated carbocycles. The molecule has 5 heteroatoms. The van der Waals surface area contributed by atoms with E-state index in [0.29, 0.717) is 5.56 Å². The van der Waals surface area contributed by atoms with E-state index in [1.165, 1.54) is 19.1 Å². The number of rotatable bonds is 2. The molecule has 0 fully saturated rings. The number of hydrogen-bond donors (Lipinski definition) is 0. The van der Waals surface area contributed by atoms with Crippen LogP contribution in [0, 0.1) is 24.4 Å². The Kier molecular flexibility index (Phi) is 4.21. The molecule has 19 heavy (non-hydrogen) atoms. The fourth-order valence-electron chi connectivity index (χ4n) is 1.73. The third kappa shape index (κ3) is 2.95. The fraction of sp³-hybridized carbons (Fsp3) is 0.143. The van der Waals surface area contributed by atoms with Gasteiger partial charge in [-0.1, -0.05) is 33.6 Å². The Morgan fingerprint density at radius 2 is 1.68 bits per heavy atom. The van der Waals surface area contributed by atoms with Crippen molar-refractivity contribution in [3.8, 4) is 0 Å². The van der Waals surface area contributed by atoms with E-state index in [2.05, 4.69) is 15.9 Å². The quantitative estimate of drug-likeness (QED) is 0.624. The van der Waals surface area contributed by atoms with Crippen LogP contribution in [0.3, 0.4) is 0 Å². The van der Waals surface area contributed by atoms with E-state index >= 15 is 0 Å². The molecule has 0 aromatic heterocycles. The molecule has 0 saturated heterocycles. The van der Waals surface area contributed by atoms with Crippen LogP contribution < -0.4 is 0 Å². The Balaban J connectivity index is 2.49. The van der Waals surface area contributed by atoms with Crippen LogP contribution in [-0.4, -0.2) is 0 Å². The van der Waals surface area contributed by atoms with Gasteiger partial charge >= 0.3 is 0 Å². The Morgan fingerprint density at radius 1 is 1.00 bits per heavy atom. The van der Waals surface area contributed by atoms with Gasteiger partial charge in [-0.15, -0.1) is 0 Å². The molecule has 0 aliphatic rings. The highest BCUT2D eigenvalue weighted by Crippen LogP contribution is 2.37. The SMILES string of the molecule is Cc1cc(F)c(C(Br)c2ccc(F)cc2Cl)cc1F. The van der Waals surface area contributed by atoms with Crippen molar-refractivity contribution in [1.82, 2.24) is 0 Å². The van der Waals surface area contributed by atoms with Gasteiger partial charge in [0.25, 0.3) is 0 Å². The van der Waals surface area contributed by atoms with E-state index < -0.39 is 22.3 Å². The van der Waals surface area contributed by atoms with Crippen LogP contribution in [0.4, 0.5) is 13.2 Å². The average Bonchev–Trinajstić information content (AvgIpc) is 2.33. The van der Waals surface area contributed by atoms with E-state index in [-0.39, 0.29) is 16.1 Å². The lowest BCUT2D eigenvalue weighted by molar-refractivity contribution is 0.581. The Labute approximate surface area is 122 Å². The normalized spacial score (nSPS) is 12.5. The predicted octanol–water partition coefficient (Wildman–Crippen LogP) is 5.55. The fourth-order valence-corrected chi connectivity index (χ4v) is 2.89. The molecule has 0 amide bonds. The maximum atomic E-state index is 13.9. The molecule has 1 atom stereocenters. The maximum absolute atomic E-state index is 13.9. The van der Waals surface area contributed by atoms with Gasteiger partial charge in [0.15, 0.2) is 0 Å². The van der Waals surface area contributed by atoms with Crippen molar-refractivity contribution in [2.75, 3.05) is 0 Å². The Bertz CT molecular complexity index is 628. The zero-order valence-electron chi connectivity index (χ0n) is 9.85. The average molecular weight is 350 g/mol. The monoisotopic (exact) mass is 348 g/mol. The van der Waals surface area contributed by atoms with Gasteiger partial charge in [-0.3, -0.25) is 0 Å². The van der Waals surface area contributed by atoms with Crippen molar-refractivity contribution >= 4 is 27.5 Å². The smallest absolute Gasteiger partial charge is 0.128 e. The summed E-state index contributed by atoms with van der Waals surface area (Å²) in [5.74, 6) is -1.52. The first-order valence-corrected chi connectivity index (χ1v) is 6.74. The van der Waals surface area contributed by atoms with Crippen LogP contribution in [0.25, 0.3) is 0 Å². The number of alkyl halides is 1. The van der Waals surface area contributed by atoms with E-state index in [0.717, 1.165) is 18.2 Å². The number of benzene rings is 2. The van der Waals surface area contributed by atoms with Gasteiger partial charge < -0.3 is 0 Å². The second-order valence-electron chi connectivity index (χ2n) is 4.15. The summed E-state index contributed by atoms with van der Waals surface area (Å²) < 4.78 is 40.4. The molecule has 2 rings (SSSR count). The molecule has 1 unspecified atom stereocenters. The number of aryl methyl sites for hydroxylation is 1. The second kappa shape index (κ2) is 5.55. The minimum atomic E-state index is -0.643. The Morgan fingerprint density at radius 3 is 2.32 bits per heavy atom. The first kappa shape index (κ1) is 14.4. The zero-order chi connectivity index (χ0) is 14.2. The van der Waals surface area contributed by atoms with Gasteiger partial charge in [0.05, 0.1) is 4.83 Å². The lowest BCUT2D eigenvalue weighted by Crippen LogP contribution is -2.00. The summed E-state index contributed by atoms with van der Waals surface area (Å²) in [5.41, 5.74) is 0.827. The van der Waals surface area contributed by atoms with E-state index in [9.17, 15) is 13.2 Å². The van der Waals surface area contributed by atoms with Crippen molar-refractivity contribution in [2.24, 2.45) is 0 Å². The topological polar surface area (TPSA) is 0 Å². The highest BCUT2D eigenvalue weighted by molar-refractivity contribution is 9.09. The predicted molar refractivity (Wildman–Crippen MR) is 73.3 cm³/mol. The molecule has 2 aromatic carbocycles. The molecule has 100 valence electrons. The van der Waals surface area contributed by atoms with Crippen LogP contribution >= 0.6 is 27.5 Å². The molecule has 0 spiro atoms. The van der Waals surface area contributed by atoms with Crippen molar-refractivity contribution in [3.63, 3.8) is 0 Å². The third-order valence-electron chi connectivity index (χ3n) is 2.79. The maximum Gasteiger partial charge on any atom is 0.128 e. The van der Waals surface area contributed by atoms with Gasteiger partial charge in [0.1, 0.15) is 17.5 Å². The van der Waals surface area contributed by atoms with E-state index in [1.807, 2.05) is 0 Å². The lowest BCUT2D eigenvalue weighted by atomic mass is 10.0. The van der Waals surface area contributed by atoms with Crippen LogP contribution in [-0.2, 0) is 0 Å². The third-order valence-corrected chi connectivity index (χ3v) is 4.10. The van der Waals surface area contributed by atoms with Crippen LogP contribution in [0.15, 0.2) is 30.3 Å². The van der Waals surface area contributed by atoms with Gasteiger partial charge in [-0.2, -0.15) is 0 Å². The van der Waals surface area contributed by atoms with Crippen molar-refractivity contribution < 1.29 is 13.2 Å². The summed E-state index contributed by atoms with van der Waals surface area (Å²) in [5, 5.41) is 0.155. The molecular formula is C14H9BrClF3. The first-order chi connectivity index (χ1) is 8.90. The van der Waals surface area contributed by atoms with Crippen molar-refractivity contribution in [1.29, 1.82) is 0 Å². The van der Waals surface area contributed by atoms with Crippen LogP contribution in [0.5, 0.6) is 0 Å². The molecule has 0 radical (unpaired) electrons. The first-order valence-electron chi connectivity index (χ1n) is 5.44.